The van der Waals surface area contributed by atoms with Crippen molar-refractivity contribution in [2.75, 3.05) is 20.2 Å². The number of rotatable bonds is 10. The van der Waals surface area contributed by atoms with Gasteiger partial charge in [-0.05, 0) is 43.4 Å². The highest BCUT2D eigenvalue weighted by atomic mass is 16.5. The molecule has 3 rings (SSSR count). The maximum atomic E-state index is 13.3. The van der Waals surface area contributed by atoms with Crippen molar-refractivity contribution in [3.8, 4) is 5.75 Å². The van der Waals surface area contributed by atoms with Gasteiger partial charge in [0.2, 0.25) is 23.6 Å². The monoisotopic (exact) mass is 469 g/mol. The second-order valence-corrected chi connectivity index (χ2v) is 9.42. The van der Waals surface area contributed by atoms with Gasteiger partial charge in [0.25, 0.3) is 0 Å². The Bertz CT molecular complexity index is 914. The number of amides is 4. The Morgan fingerprint density at radius 3 is 2.18 bits per heavy atom. The van der Waals surface area contributed by atoms with Crippen LogP contribution in [-0.2, 0) is 25.7 Å². The van der Waals surface area contributed by atoms with Crippen molar-refractivity contribution in [2.24, 2.45) is 17.8 Å². The Morgan fingerprint density at radius 2 is 1.65 bits per heavy atom. The molecule has 184 valence electrons. The fourth-order valence-electron chi connectivity index (χ4n) is 4.40. The van der Waals surface area contributed by atoms with Crippen molar-refractivity contribution in [3.63, 3.8) is 0 Å². The number of nitrogens with zero attached hydrogens (tertiary/aromatic N) is 2. The third-order valence-electron chi connectivity index (χ3n) is 6.51. The molecule has 1 fully saturated rings. The van der Waals surface area contributed by atoms with Crippen LogP contribution in [-0.4, -0.2) is 59.7 Å². The average molecular weight is 470 g/mol. The summed E-state index contributed by atoms with van der Waals surface area (Å²) in [4.78, 5) is 54.3. The lowest BCUT2D eigenvalue weighted by Crippen LogP contribution is -2.49. The number of carbonyl (C=O) groups is 4. The van der Waals surface area contributed by atoms with E-state index < -0.39 is 6.04 Å². The van der Waals surface area contributed by atoms with Crippen LogP contribution in [0.5, 0.6) is 5.75 Å². The van der Waals surface area contributed by atoms with E-state index >= 15 is 0 Å². The van der Waals surface area contributed by atoms with Crippen molar-refractivity contribution in [1.82, 2.24) is 15.1 Å². The molecule has 0 saturated carbocycles. The van der Waals surface area contributed by atoms with Crippen LogP contribution in [0.15, 0.2) is 36.4 Å². The molecule has 1 heterocycles. The summed E-state index contributed by atoms with van der Waals surface area (Å²) in [6.07, 6.45) is 4.99. The molecule has 1 aromatic rings. The number of likely N-dealkylation sites (tertiary alicyclic amines) is 1. The Labute approximate surface area is 201 Å². The molecular formula is C26H35N3O5. The first kappa shape index (κ1) is 25.5. The summed E-state index contributed by atoms with van der Waals surface area (Å²) in [5.41, 5.74) is 0.850. The molecule has 2 aliphatic rings. The summed E-state index contributed by atoms with van der Waals surface area (Å²) in [7, 11) is 1.58. The molecule has 1 saturated heterocycles. The van der Waals surface area contributed by atoms with Gasteiger partial charge in [0.15, 0.2) is 0 Å². The van der Waals surface area contributed by atoms with Gasteiger partial charge in [-0.15, -0.1) is 0 Å². The van der Waals surface area contributed by atoms with E-state index in [9.17, 15) is 19.2 Å². The van der Waals surface area contributed by atoms with E-state index in [4.69, 9.17) is 4.74 Å². The number of ether oxygens (including phenoxy) is 1. The number of nitrogens with one attached hydrogen (secondary N) is 1. The van der Waals surface area contributed by atoms with Crippen molar-refractivity contribution >= 4 is 23.6 Å². The molecule has 1 aliphatic carbocycles. The van der Waals surface area contributed by atoms with Crippen LogP contribution in [0.1, 0.15) is 45.6 Å². The zero-order valence-corrected chi connectivity index (χ0v) is 20.5. The first-order valence-electron chi connectivity index (χ1n) is 11.9. The van der Waals surface area contributed by atoms with Crippen molar-refractivity contribution in [1.29, 1.82) is 0 Å². The van der Waals surface area contributed by atoms with E-state index in [0.29, 0.717) is 25.1 Å². The average Bonchev–Trinajstić information content (AvgIpc) is 3.08. The molecular weight excluding hydrogens is 434 g/mol. The van der Waals surface area contributed by atoms with Gasteiger partial charge in [-0.2, -0.15) is 0 Å². The molecule has 3 atom stereocenters. The first-order valence-corrected chi connectivity index (χ1v) is 11.9. The maximum Gasteiger partial charge on any atom is 0.242 e. The molecule has 4 amide bonds. The van der Waals surface area contributed by atoms with Crippen LogP contribution in [0.3, 0.4) is 0 Å². The van der Waals surface area contributed by atoms with Crippen LogP contribution >= 0.6 is 0 Å². The number of hydrogen-bond donors (Lipinski definition) is 1. The molecule has 34 heavy (non-hydrogen) atoms. The molecule has 8 heteroatoms. The summed E-state index contributed by atoms with van der Waals surface area (Å²) in [5, 5.41) is 2.89. The zero-order chi connectivity index (χ0) is 24.8. The van der Waals surface area contributed by atoms with E-state index in [1.54, 1.807) is 26.2 Å². The molecule has 0 aromatic heterocycles. The van der Waals surface area contributed by atoms with E-state index in [2.05, 4.69) is 5.32 Å². The van der Waals surface area contributed by atoms with Crippen LogP contribution in [0.2, 0.25) is 0 Å². The summed E-state index contributed by atoms with van der Waals surface area (Å²) in [6, 6.07) is 6.61. The van der Waals surface area contributed by atoms with E-state index in [0.717, 1.165) is 5.56 Å². The van der Waals surface area contributed by atoms with E-state index in [1.807, 2.05) is 38.1 Å². The molecule has 0 spiro atoms. The van der Waals surface area contributed by atoms with Gasteiger partial charge < -0.3 is 15.0 Å². The van der Waals surface area contributed by atoms with Gasteiger partial charge in [0, 0.05) is 26.1 Å². The lowest BCUT2D eigenvalue weighted by Gasteiger charge is -2.29. The summed E-state index contributed by atoms with van der Waals surface area (Å²) in [5.74, 6) is -0.559. The second kappa shape index (κ2) is 11.3. The van der Waals surface area contributed by atoms with Crippen LogP contribution in [0, 0.1) is 17.8 Å². The van der Waals surface area contributed by atoms with Crippen LogP contribution in [0.25, 0.3) is 0 Å². The van der Waals surface area contributed by atoms with Crippen LogP contribution in [0.4, 0.5) is 0 Å². The molecule has 1 N–H and O–H groups in total. The lowest BCUT2D eigenvalue weighted by molar-refractivity contribution is -0.143. The SMILES string of the molecule is COc1ccc(CN(C(=O)CCN2C(=O)[C@H]3CC=CC[C@H]3C2=O)[C@@H](C)C(=O)NCC(C)C)cc1. The third-order valence-corrected chi connectivity index (χ3v) is 6.51. The predicted molar refractivity (Wildman–Crippen MR) is 128 cm³/mol. The molecule has 0 unspecified atom stereocenters. The fourth-order valence-corrected chi connectivity index (χ4v) is 4.40. The highest BCUT2D eigenvalue weighted by Gasteiger charge is 2.47. The summed E-state index contributed by atoms with van der Waals surface area (Å²) in [6.45, 7) is 6.48. The highest BCUT2D eigenvalue weighted by Crippen LogP contribution is 2.35. The van der Waals surface area contributed by atoms with Gasteiger partial charge >= 0.3 is 0 Å². The molecule has 0 radical (unpaired) electrons. The number of hydrogen-bond acceptors (Lipinski definition) is 5. The minimum absolute atomic E-state index is 0.0255. The normalized spacial score (nSPS) is 20.3. The Balaban J connectivity index is 1.70. The largest absolute Gasteiger partial charge is 0.497 e. The van der Waals surface area contributed by atoms with Crippen LogP contribution < -0.4 is 10.1 Å². The standard InChI is InChI=1S/C26H35N3O5/c1-17(2)15-27-24(31)18(3)29(16-19-9-11-20(34-4)12-10-19)23(30)13-14-28-25(32)21-7-5-6-8-22(21)26(28)33/h5-6,9-12,17-18,21-22H,7-8,13-16H2,1-4H3,(H,27,31)/t18-,21-,22+/m0/s1. The number of fused-ring (bicyclic) bond motifs is 1. The third kappa shape index (κ3) is 5.85. The minimum atomic E-state index is -0.704. The van der Waals surface area contributed by atoms with E-state index in [1.165, 1.54) is 9.80 Å². The Morgan fingerprint density at radius 1 is 1.06 bits per heavy atom. The minimum Gasteiger partial charge on any atom is -0.497 e. The van der Waals surface area contributed by atoms with Gasteiger partial charge in [-0.1, -0.05) is 38.1 Å². The number of benzene rings is 1. The quantitative estimate of drug-likeness (QED) is 0.420. The molecule has 1 aromatic carbocycles. The zero-order valence-electron chi connectivity index (χ0n) is 20.5. The Kier molecular flexibility index (Phi) is 8.47. The first-order chi connectivity index (χ1) is 16.2. The molecule has 0 bridgehead atoms. The topological polar surface area (TPSA) is 96.0 Å². The summed E-state index contributed by atoms with van der Waals surface area (Å²) >= 11 is 0. The van der Waals surface area contributed by atoms with E-state index in [-0.39, 0.29) is 60.9 Å². The lowest BCUT2D eigenvalue weighted by atomic mass is 9.85. The second-order valence-electron chi connectivity index (χ2n) is 9.42. The maximum absolute atomic E-state index is 13.3. The van der Waals surface area contributed by atoms with Crippen molar-refractivity contribution in [3.05, 3.63) is 42.0 Å². The Hall–Kier alpha value is -3.16. The number of allylic oxidation sites excluding steroid dienone is 2. The predicted octanol–water partition coefficient (Wildman–Crippen LogP) is 2.53. The van der Waals surface area contributed by atoms with Gasteiger partial charge in [0.1, 0.15) is 11.8 Å². The number of imide groups is 1. The van der Waals surface area contributed by atoms with Crippen molar-refractivity contribution < 1.29 is 23.9 Å². The smallest absolute Gasteiger partial charge is 0.242 e. The highest BCUT2D eigenvalue weighted by molar-refractivity contribution is 6.05. The number of methoxy groups -OCH3 is 1. The van der Waals surface area contributed by atoms with Gasteiger partial charge in [-0.25, -0.2) is 0 Å². The van der Waals surface area contributed by atoms with Gasteiger partial charge in [-0.3, -0.25) is 24.1 Å². The molecule has 1 aliphatic heterocycles. The molecule has 8 nitrogen and oxygen atoms in total. The van der Waals surface area contributed by atoms with Crippen molar-refractivity contribution in [2.45, 2.75) is 52.6 Å². The summed E-state index contributed by atoms with van der Waals surface area (Å²) < 4.78 is 5.20. The fraction of sp³-hybridized carbons (Fsp3) is 0.538. The van der Waals surface area contributed by atoms with Gasteiger partial charge in [0.05, 0.1) is 18.9 Å². The number of carbonyl (C=O) groups excluding carboxylic acids is 4.